The normalized spacial score (nSPS) is 13.1. The molecule has 4 heteroatoms. The zero-order valence-corrected chi connectivity index (χ0v) is 38.6. The second-order valence-electron chi connectivity index (χ2n) is 17.6. The number of carbonyl (C=O) groups is 1. The van der Waals surface area contributed by atoms with E-state index < -0.39 is 12.1 Å². The van der Waals surface area contributed by atoms with E-state index in [9.17, 15) is 15.0 Å². The van der Waals surface area contributed by atoms with Crippen molar-refractivity contribution < 1.29 is 15.0 Å². The van der Waals surface area contributed by atoms with E-state index in [1.165, 1.54) is 225 Å². The first-order valence-electron chi connectivity index (χ1n) is 25.7. The van der Waals surface area contributed by atoms with Gasteiger partial charge in [0, 0.05) is 6.42 Å². The molecule has 0 rings (SSSR count). The molecule has 0 radical (unpaired) electrons. The average Bonchev–Trinajstić information content (AvgIpc) is 3.22. The smallest absolute Gasteiger partial charge is 0.220 e. The van der Waals surface area contributed by atoms with E-state index in [2.05, 4.69) is 43.5 Å². The summed E-state index contributed by atoms with van der Waals surface area (Å²) in [6, 6.07) is -0.618. The SMILES string of the molecule is CCCCCCC/C=C\C/C=C\CCCCCCCCCCCCCCCCCCCCCCCC(=O)NC(CO)C(O)/C=C/CCCCCCCCCCCC. The van der Waals surface area contributed by atoms with Crippen LogP contribution in [-0.4, -0.2) is 34.9 Å². The van der Waals surface area contributed by atoms with Crippen LogP contribution in [0.2, 0.25) is 0 Å². The molecular formula is C53H101NO3. The molecule has 0 saturated heterocycles. The minimum Gasteiger partial charge on any atom is -0.394 e. The lowest BCUT2D eigenvalue weighted by atomic mass is 10.0. The predicted octanol–water partition coefficient (Wildman–Crippen LogP) is 16.5. The highest BCUT2D eigenvalue weighted by atomic mass is 16.3. The van der Waals surface area contributed by atoms with Gasteiger partial charge in [-0.15, -0.1) is 0 Å². The summed E-state index contributed by atoms with van der Waals surface area (Å²) in [6.07, 6.45) is 65.8. The van der Waals surface area contributed by atoms with Crippen LogP contribution in [0.5, 0.6) is 0 Å². The molecule has 4 nitrogen and oxygen atoms in total. The van der Waals surface area contributed by atoms with Crippen LogP contribution in [0.25, 0.3) is 0 Å². The van der Waals surface area contributed by atoms with E-state index in [-0.39, 0.29) is 12.5 Å². The fraction of sp³-hybridized carbons (Fsp3) is 0.868. The van der Waals surface area contributed by atoms with Crippen molar-refractivity contribution in [2.45, 2.75) is 289 Å². The first-order chi connectivity index (χ1) is 28.2. The number of nitrogens with one attached hydrogen (secondary N) is 1. The number of unbranched alkanes of at least 4 members (excludes halogenated alkanes) is 36. The molecule has 0 aromatic heterocycles. The van der Waals surface area contributed by atoms with Gasteiger partial charge < -0.3 is 15.5 Å². The Kier molecular flexibility index (Phi) is 47.8. The molecule has 0 aromatic carbocycles. The number of allylic oxidation sites excluding steroid dienone is 5. The molecule has 2 atom stereocenters. The maximum absolute atomic E-state index is 12.4. The Morgan fingerprint density at radius 1 is 0.421 bits per heavy atom. The van der Waals surface area contributed by atoms with E-state index in [0.29, 0.717) is 6.42 Å². The molecular weight excluding hydrogens is 699 g/mol. The Morgan fingerprint density at radius 3 is 1.05 bits per heavy atom. The zero-order chi connectivity index (χ0) is 41.4. The van der Waals surface area contributed by atoms with E-state index in [4.69, 9.17) is 0 Å². The van der Waals surface area contributed by atoms with E-state index >= 15 is 0 Å². The molecule has 0 aliphatic rings. The molecule has 336 valence electrons. The van der Waals surface area contributed by atoms with Gasteiger partial charge >= 0.3 is 0 Å². The average molecular weight is 800 g/mol. The number of aliphatic hydroxyl groups is 2. The summed E-state index contributed by atoms with van der Waals surface area (Å²) in [5.74, 6) is -0.0612. The van der Waals surface area contributed by atoms with Gasteiger partial charge in [0.05, 0.1) is 18.8 Å². The minimum atomic E-state index is -0.835. The van der Waals surface area contributed by atoms with Gasteiger partial charge in [0.1, 0.15) is 0 Å². The molecule has 0 aromatic rings. The van der Waals surface area contributed by atoms with Crippen LogP contribution in [0.1, 0.15) is 277 Å². The first kappa shape index (κ1) is 55.6. The third-order valence-electron chi connectivity index (χ3n) is 11.9. The molecule has 57 heavy (non-hydrogen) atoms. The molecule has 0 aliphatic heterocycles. The summed E-state index contributed by atoms with van der Waals surface area (Å²) in [4.78, 5) is 12.4. The summed E-state index contributed by atoms with van der Waals surface area (Å²) in [7, 11) is 0. The van der Waals surface area contributed by atoms with Gasteiger partial charge in [0.25, 0.3) is 0 Å². The summed E-state index contributed by atoms with van der Waals surface area (Å²) in [5, 5.41) is 23.0. The molecule has 1 amide bonds. The van der Waals surface area contributed by atoms with Crippen LogP contribution in [0.4, 0.5) is 0 Å². The third-order valence-corrected chi connectivity index (χ3v) is 11.9. The van der Waals surface area contributed by atoms with E-state index in [0.717, 1.165) is 32.1 Å². The lowest BCUT2D eigenvalue weighted by molar-refractivity contribution is -0.123. The van der Waals surface area contributed by atoms with Crippen molar-refractivity contribution in [1.29, 1.82) is 0 Å². The Morgan fingerprint density at radius 2 is 0.719 bits per heavy atom. The second-order valence-corrected chi connectivity index (χ2v) is 17.6. The molecule has 0 fully saturated rings. The molecule has 0 heterocycles. The molecule has 0 bridgehead atoms. The lowest BCUT2D eigenvalue weighted by Gasteiger charge is -2.20. The quantitative estimate of drug-likeness (QED) is 0.0424. The fourth-order valence-electron chi connectivity index (χ4n) is 7.92. The van der Waals surface area contributed by atoms with Crippen LogP contribution in [0.15, 0.2) is 36.5 Å². The molecule has 0 aliphatic carbocycles. The third kappa shape index (κ3) is 45.5. The summed E-state index contributed by atoms with van der Waals surface area (Å²) in [5.41, 5.74) is 0. The summed E-state index contributed by atoms with van der Waals surface area (Å²) >= 11 is 0. The van der Waals surface area contributed by atoms with Crippen LogP contribution < -0.4 is 5.32 Å². The Balaban J connectivity index is 3.41. The lowest BCUT2D eigenvalue weighted by Crippen LogP contribution is -2.45. The van der Waals surface area contributed by atoms with Crippen LogP contribution in [0, 0.1) is 0 Å². The van der Waals surface area contributed by atoms with Crippen LogP contribution in [0.3, 0.4) is 0 Å². The first-order valence-corrected chi connectivity index (χ1v) is 25.7. The Hall–Kier alpha value is -1.39. The Bertz CT molecular complexity index is 866. The van der Waals surface area contributed by atoms with Crippen molar-refractivity contribution in [1.82, 2.24) is 5.32 Å². The van der Waals surface area contributed by atoms with Gasteiger partial charge in [-0.3, -0.25) is 4.79 Å². The van der Waals surface area contributed by atoms with Gasteiger partial charge in [0.15, 0.2) is 0 Å². The van der Waals surface area contributed by atoms with Gasteiger partial charge in [-0.2, -0.15) is 0 Å². The largest absolute Gasteiger partial charge is 0.394 e. The van der Waals surface area contributed by atoms with Gasteiger partial charge in [-0.1, -0.05) is 256 Å². The summed E-state index contributed by atoms with van der Waals surface area (Å²) in [6.45, 7) is 4.30. The van der Waals surface area contributed by atoms with Crippen LogP contribution >= 0.6 is 0 Å². The van der Waals surface area contributed by atoms with Gasteiger partial charge in [-0.05, 0) is 51.4 Å². The molecule has 0 saturated carbocycles. The highest BCUT2D eigenvalue weighted by Crippen LogP contribution is 2.16. The number of aliphatic hydroxyl groups excluding tert-OH is 2. The highest BCUT2D eigenvalue weighted by molar-refractivity contribution is 5.76. The zero-order valence-electron chi connectivity index (χ0n) is 38.6. The topological polar surface area (TPSA) is 69.6 Å². The molecule has 2 unspecified atom stereocenters. The van der Waals surface area contributed by atoms with E-state index in [1.54, 1.807) is 6.08 Å². The van der Waals surface area contributed by atoms with Gasteiger partial charge in [-0.25, -0.2) is 0 Å². The van der Waals surface area contributed by atoms with Crippen molar-refractivity contribution >= 4 is 5.91 Å². The minimum absolute atomic E-state index is 0.0612. The maximum atomic E-state index is 12.4. The van der Waals surface area contributed by atoms with Crippen molar-refractivity contribution in [3.8, 4) is 0 Å². The molecule has 0 spiro atoms. The van der Waals surface area contributed by atoms with Gasteiger partial charge in [0.2, 0.25) is 5.91 Å². The fourth-order valence-corrected chi connectivity index (χ4v) is 7.92. The monoisotopic (exact) mass is 800 g/mol. The van der Waals surface area contributed by atoms with Crippen molar-refractivity contribution in [3.63, 3.8) is 0 Å². The standard InChI is InChI=1S/C53H101NO3/c1-3-5-7-9-11-13-15-17-18-19-20-21-22-23-24-25-26-27-28-29-30-31-32-33-34-35-36-37-39-41-43-45-47-49-53(57)54-51(50-55)52(56)48-46-44-42-40-38-16-14-12-10-8-6-4-2/h15,17,19-20,46,48,51-52,55-56H,3-14,16,18,21-45,47,49-50H2,1-2H3,(H,54,57)/b17-15-,20-19-,48-46+. The summed E-state index contributed by atoms with van der Waals surface area (Å²) < 4.78 is 0. The number of amides is 1. The highest BCUT2D eigenvalue weighted by Gasteiger charge is 2.18. The number of hydrogen-bond donors (Lipinski definition) is 3. The van der Waals surface area contributed by atoms with Crippen molar-refractivity contribution in [2.24, 2.45) is 0 Å². The Labute approximate surface area is 357 Å². The number of hydrogen-bond acceptors (Lipinski definition) is 3. The van der Waals surface area contributed by atoms with Crippen molar-refractivity contribution in [2.75, 3.05) is 6.61 Å². The van der Waals surface area contributed by atoms with Crippen molar-refractivity contribution in [3.05, 3.63) is 36.5 Å². The molecule has 3 N–H and O–H groups in total. The maximum Gasteiger partial charge on any atom is 0.220 e. The second kappa shape index (κ2) is 49.0. The number of rotatable bonds is 47. The predicted molar refractivity (Wildman–Crippen MR) is 253 cm³/mol. The van der Waals surface area contributed by atoms with E-state index in [1.807, 2.05) is 6.08 Å². The number of carbonyl (C=O) groups excluding carboxylic acids is 1. The van der Waals surface area contributed by atoms with Crippen LogP contribution in [-0.2, 0) is 4.79 Å².